The molecule has 0 amide bonds. The van der Waals surface area contributed by atoms with Gasteiger partial charge in [-0.05, 0) is 45.8 Å². The van der Waals surface area contributed by atoms with E-state index in [0.717, 1.165) is 24.7 Å². The Bertz CT molecular complexity index is 207. The predicted octanol–water partition coefficient (Wildman–Crippen LogP) is 2.23. The maximum absolute atomic E-state index is 5.22. The van der Waals surface area contributed by atoms with Crippen molar-refractivity contribution in [2.24, 2.45) is 5.92 Å². The molecule has 0 aliphatic heterocycles. The molecule has 102 valence electrons. The second-order valence-electron chi connectivity index (χ2n) is 5.46. The highest BCUT2D eigenvalue weighted by molar-refractivity contribution is 7.80. The van der Waals surface area contributed by atoms with E-state index in [2.05, 4.69) is 57.1 Å². The molecule has 0 bridgehead atoms. The van der Waals surface area contributed by atoms with Crippen molar-refractivity contribution in [3.63, 3.8) is 0 Å². The molecule has 0 rings (SSSR count). The molecule has 3 nitrogen and oxygen atoms in total. The molecule has 0 radical (unpaired) electrons. The van der Waals surface area contributed by atoms with Crippen molar-refractivity contribution in [3.8, 4) is 0 Å². The molecule has 17 heavy (non-hydrogen) atoms. The molecule has 0 atom stereocenters. The van der Waals surface area contributed by atoms with Crippen LogP contribution in [0.5, 0.6) is 0 Å². The van der Waals surface area contributed by atoms with Crippen LogP contribution in [-0.2, 0) is 0 Å². The van der Waals surface area contributed by atoms with Gasteiger partial charge >= 0.3 is 0 Å². The zero-order valence-corrected chi connectivity index (χ0v) is 13.0. The van der Waals surface area contributed by atoms with Gasteiger partial charge in [0.1, 0.15) is 0 Å². The van der Waals surface area contributed by atoms with Gasteiger partial charge in [-0.15, -0.1) is 0 Å². The van der Waals surface area contributed by atoms with Crippen molar-refractivity contribution in [1.29, 1.82) is 0 Å². The van der Waals surface area contributed by atoms with Crippen LogP contribution in [0.15, 0.2) is 0 Å². The minimum Gasteiger partial charge on any atom is -0.362 e. The second kappa shape index (κ2) is 8.70. The SMILES string of the molecule is CC(C)CNC(=S)NCCN(C(C)C)C(C)C. The first kappa shape index (κ1) is 16.6. The number of nitrogens with zero attached hydrogens (tertiary/aromatic N) is 1. The molecule has 2 N–H and O–H groups in total. The monoisotopic (exact) mass is 259 g/mol. The Balaban J connectivity index is 3.77. The molecular formula is C13H29N3S. The van der Waals surface area contributed by atoms with Crippen LogP contribution in [0.25, 0.3) is 0 Å². The Hall–Kier alpha value is -0.350. The summed E-state index contributed by atoms with van der Waals surface area (Å²) in [6.07, 6.45) is 0. The van der Waals surface area contributed by atoms with Gasteiger partial charge in [-0.1, -0.05) is 13.8 Å². The van der Waals surface area contributed by atoms with Gasteiger partial charge in [0, 0.05) is 31.7 Å². The number of rotatable bonds is 7. The smallest absolute Gasteiger partial charge is 0.166 e. The third kappa shape index (κ3) is 8.38. The number of thiocarbonyl (C=S) groups is 1. The van der Waals surface area contributed by atoms with Crippen LogP contribution in [0.3, 0.4) is 0 Å². The van der Waals surface area contributed by atoms with Crippen molar-refractivity contribution < 1.29 is 0 Å². The van der Waals surface area contributed by atoms with Crippen LogP contribution in [0.1, 0.15) is 41.5 Å². The van der Waals surface area contributed by atoms with Gasteiger partial charge < -0.3 is 10.6 Å². The number of hydrogen-bond acceptors (Lipinski definition) is 2. The van der Waals surface area contributed by atoms with Crippen LogP contribution in [0.2, 0.25) is 0 Å². The van der Waals surface area contributed by atoms with Gasteiger partial charge in [0.25, 0.3) is 0 Å². The lowest BCUT2D eigenvalue weighted by atomic mass is 10.2. The van der Waals surface area contributed by atoms with E-state index in [0.29, 0.717) is 18.0 Å². The van der Waals surface area contributed by atoms with Gasteiger partial charge in [0.05, 0.1) is 0 Å². The first-order valence-corrected chi connectivity index (χ1v) is 7.02. The number of hydrogen-bond donors (Lipinski definition) is 2. The van der Waals surface area contributed by atoms with Crippen LogP contribution in [-0.4, -0.2) is 41.7 Å². The number of nitrogens with one attached hydrogen (secondary N) is 2. The molecular weight excluding hydrogens is 230 g/mol. The van der Waals surface area contributed by atoms with E-state index in [9.17, 15) is 0 Å². The molecule has 0 unspecified atom stereocenters. The lowest BCUT2D eigenvalue weighted by Crippen LogP contribution is -2.45. The van der Waals surface area contributed by atoms with Gasteiger partial charge in [-0.2, -0.15) is 0 Å². The highest BCUT2D eigenvalue weighted by Gasteiger charge is 2.12. The fraction of sp³-hybridized carbons (Fsp3) is 0.923. The molecule has 0 aromatic heterocycles. The van der Waals surface area contributed by atoms with E-state index < -0.39 is 0 Å². The van der Waals surface area contributed by atoms with E-state index >= 15 is 0 Å². The zero-order chi connectivity index (χ0) is 13.4. The van der Waals surface area contributed by atoms with Crippen molar-refractivity contribution in [1.82, 2.24) is 15.5 Å². The Morgan fingerprint density at radius 3 is 1.94 bits per heavy atom. The van der Waals surface area contributed by atoms with Gasteiger partial charge in [0.2, 0.25) is 0 Å². The highest BCUT2D eigenvalue weighted by Crippen LogP contribution is 2.03. The van der Waals surface area contributed by atoms with Crippen LogP contribution in [0.4, 0.5) is 0 Å². The lowest BCUT2D eigenvalue weighted by Gasteiger charge is -2.30. The van der Waals surface area contributed by atoms with Crippen LogP contribution < -0.4 is 10.6 Å². The van der Waals surface area contributed by atoms with E-state index in [1.165, 1.54) is 0 Å². The third-order valence-electron chi connectivity index (χ3n) is 2.65. The molecule has 0 aromatic carbocycles. The lowest BCUT2D eigenvalue weighted by molar-refractivity contribution is 0.178. The first-order valence-electron chi connectivity index (χ1n) is 6.62. The standard InChI is InChI=1S/C13H29N3S/c1-10(2)9-15-13(17)14-7-8-16(11(3)4)12(5)6/h10-12H,7-9H2,1-6H3,(H2,14,15,17). The average molecular weight is 259 g/mol. The topological polar surface area (TPSA) is 27.3 Å². The fourth-order valence-corrected chi connectivity index (χ4v) is 1.96. The zero-order valence-electron chi connectivity index (χ0n) is 12.2. The summed E-state index contributed by atoms with van der Waals surface area (Å²) >= 11 is 5.22. The van der Waals surface area contributed by atoms with E-state index in [-0.39, 0.29) is 0 Å². The summed E-state index contributed by atoms with van der Waals surface area (Å²) < 4.78 is 0. The Kier molecular flexibility index (Phi) is 8.52. The van der Waals surface area contributed by atoms with Gasteiger partial charge in [-0.3, -0.25) is 4.90 Å². The molecule has 0 heterocycles. The first-order chi connectivity index (χ1) is 7.84. The molecule has 0 spiro atoms. The van der Waals surface area contributed by atoms with Crippen molar-refractivity contribution in [2.75, 3.05) is 19.6 Å². The van der Waals surface area contributed by atoms with E-state index in [1.54, 1.807) is 0 Å². The third-order valence-corrected chi connectivity index (χ3v) is 2.94. The summed E-state index contributed by atoms with van der Waals surface area (Å²) in [5, 5.41) is 7.24. The van der Waals surface area contributed by atoms with Crippen molar-refractivity contribution in [3.05, 3.63) is 0 Å². The molecule has 4 heteroatoms. The fourth-order valence-electron chi connectivity index (χ4n) is 1.77. The van der Waals surface area contributed by atoms with Gasteiger partial charge in [0.15, 0.2) is 5.11 Å². The summed E-state index contributed by atoms with van der Waals surface area (Å²) in [4.78, 5) is 2.46. The summed E-state index contributed by atoms with van der Waals surface area (Å²) in [5.74, 6) is 0.623. The predicted molar refractivity (Wildman–Crippen MR) is 80.4 cm³/mol. The molecule has 0 aliphatic rings. The Morgan fingerprint density at radius 2 is 1.53 bits per heavy atom. The molecule has 0 saturated carbocycles. The molecule has 0 saturated heterocycles. The van der Waals surface area contributed by atoms with Crippen LogP contribution in [0, 0.1) is 5.92 Å². The van der Waals surface area contributed by atoms with Crippen molar-refractivity contribution >= 4 is 17.3 Å². The largest absolute Gasteiger partial charge is 0.362 e. The molecule has 0 fully saturated rings. The highest BCUT2D eigenvalue weighted by atomic mass is 32.1. The van der Waals surface area contributed by atoms with Crippen LogP contribution >= 0.6 is 12.2 Å². The summed E-state index contributed by atoms with van der Waals surface area (Å²) in [5.41, 5.74) is 0. The minimum atomic E-state index is 0.578. The quantitative estimate of drug-likeness (QED) is 0.686. The Labute approximate surface area is 112 Å². The summed E-state index contributed by atoms with van der Waals surface area (Å²) in [7, 11) is 0. The van der Waals surface area contributed by atoms with E-state index in [1.807, 2.05) is 0 Å². The van der Waals surface area contributed by atoms with E-state index in [4.69, 9.17) is 12.2 Å². The average Bonchev–Trinajstić information content (AvgIpc) is 2.20. The maximum atomic E-state index is 5.22. The van der Waals surface area contributed by atoms with Gasteiger partial charge in [-0.25, -0.2) is 0 Å². The summed E-state index contributed by atoms with van der Waals surface area (Å²) in [6, 6.07) is 1.16. The minimum absolute atomic E-state index is 0.578. The molecule has 0 aromatic rings. The summed E-state index contributed by atoms with van der Waals surface area (Å²) in [6.45, 7) is 16.1. The molecule has 0 aliphatic carbocycles. The maximum Gasteiger partial charge on any atom is 0.166 e. The normalized spacial score (nSPS) is 11.6. The second-order valence-corrected chi connectivity index (χ2v) is 5.86. The van der Waals surface area contributed by atoms with Crippen molar-refractivity contribution in [2.45, 2.75) is 53.6 Å². The Morgan fingerprint density at radius 1 is 1.00 bits per heavy atom.